The molecule has 5 amide bonds. The van der Waals surface area contributed by atoms with Crippen molar-refractivity contribution in [1.29, 1.82) is 0 Å². The van der Waals surface area contributed by atoms with Gasteiger partial charge in [-0.25, -0.2) is 33.5 Å². The Morgan fingerprint density at radius 1 is 0.783 bits per heavy atom. The first-order valence-electron chi connectivity index (χ1n) is 24.3. The average molecular weight is 965 g/mol. The van der Waals surface area contributed by atoms with E-state index in [2.05, 4.69) is 33.1 Å². The van der Waals surface area contributed by atoms with E-state index in [1.165, 1.54) is 0 Å². The van der Waals surface area contributed by atoms with Crippen LogP contribution >= 0.6 is 0 Å². The van der Waals surface area contributed by atoms with Gasteiger partial charge < -0.3 is 54.4 Å². The predicted octanol–water partition coefficient (Wildman–Crippen LogP) is 7.50. The van der Waals surface area contributed by atoms with E-state index in [1.54, 1.807) is 45.0 Å². The van der Waals surface area contributed by atoms with Gasteiger partial charge in [-0.3, -0.25) is 4.79 Å². The molecule has 0 unspecified atom stereocenters. The number of anilines is 1. The number of alkyl carbamates (subject to hydrolysis) is 3. The number of hydrogen-bond acceptors (Lipinski definition) is 14. The van der Waals surface area contributed by atoms with Crippen molar-refractivity contribution in [3.8, 4) is 11.8 Å². The number of aromatic nitrogens is 1. The number of ether oxygens (including phenoxy) is 7. The molecule has 5 heterocycles. The molecule has 4 aliphatic heterocycles. The van der Waals surface area contributed by atoms with Gasteiger partial charge in [0.15, 0.2) is 11.6 Å². The van der Waals surface area contributed by atoms with Crippen LogP contribution in [0.5, 0.6) is 0 Å². The lowest BCUT2D eigenvalue weighted by atomic mass is 9.60. The Labute approximate surface area is 404 Å². The van der Waals surface area contributed by atoms with Crippen molar-refractivity contribution in [2.75, 3.05) is 58.2 Å². The number of halogens is 1. The van der Waals surface area contributed by atoms with Gasteiger partial charge in [0.25, 0.3) is 5.91 Å². The third-order valence-corrected chi connectivity index (χ3v) is 13.0. The SMILES string of the molecule is CCCCOC(=O)NC1([C@@H]2OCC[C@](NC(=O)OCCCC)(C3(NC(=O)OCCCC)CCOCC3)[C@H]2Nc2nc(C#Cc3ccccc3)c3c(c2F)CN(C(=O)OC(C)(C)C)C3=O)CCOCC1. The van der Waals surface area contributed by atoms with E-state index < -0.39 is 82.8 Å². The molecule has 3 fully saturated rings. The Morgan fingerprint density at radius 3 is 1.93 bits per heavy atom. The summed E-state index contributed by atoms with van der Waals surface area (Å²) in [5, 5.41) is 12.9. The van der Waals surface area contributed by atoms with E-state index in [4.69, 9.17) is 38.1 Å². The van der Waals surface area contributed by atoms with Crippen LogP contribution in [0.4, 0.5) is 29.4 Å². The lowest BCUT2D eigenvalue weighted by molar-refractivity contribution is -0.135. The molecule has 0 saturated carbocycles. The summed E-state index contributed by atoms with van der Waals surface area (Å²) in [7, 11) is 0. The third kappa shape index (κ3) is 12.6. The number of unbranched alkanes of at least 4 members (excludes halogenated alkanes) is 3. The van der Waals surface area contributed by atoms with Gasteiger partial charge >= 0.3 is 24.4 Å². The number of imide groups is 1. The minimum atomic E-state index is -1.66. The monoisotopic (exact) mass is 964 g/mol. The smallest absolute Gasteiger partial charge is 0.417 e. The lowest BCUT2D eigenvalue weighted by Gasteiger charge is -2.61. The average Bonchev–Trinajstić information content (AvgIpc) is 3.68. The number of amides is 5. The molecule has 2 aromatic rings. The maximum Gasteiger partial charge on any atom is 0.417 e. The highest BCUT2D eigenvalue weighted by Crippen LogP contribution is 2.47. The fraction of sp³-hybridized carbons (Fsp3) is 0.640. The molecule has 6 rings (SSSR count). The summed E-state index contributed by atoms with van der Waals surface area (Å²) in [5.41, 5.74) is -5.31. The standard InChI is InChI=1S/C50H69FN6O12/c1-7-10-25-66-43(59)54-48(20-28-63-29-21-48)40-39(50(24-32-65-40,56-45(61)68-27-12-9-3)49(22-30-64-31-23-49)55-44(60)67-26-11-8-2)53-41-38(51)35-33-57(46(62)69-47(4,5)6)42(58)37(35)36(52-41)19-18-34-16-14-13-15-17-34/h13-17,39-40H,7-12,20-33H2,1-6H3,(H,52,53)(H,54,59)(H,55,60)(H,56,61)/t39-,40+,50+/m0/s1. The normalized spacial score (nSPS) is 21.7. The molecule has 4 aliphatic rings. The van der Waals surface area contributed by atoms with E-state index in [9.17, 15) is 24.0 Å². The largest absolute Gasteiger partial charge is 0.450 e. The van der Waals surface area contributed by atoms with Gasteiger partial charge in [0, 0.05) is 44.2 Å². The van der Waals surface area contributed by atoms with Crippen molar-refractivity contribution >= 4 is 36.1 Å². The van der Waals surface area contributed by atoms with Gasteiger partial charge in [0.1, 0.15) is 17.4 Å². The fourth-order valence-electron chi connectivity index (χ4n) is 9.37. The van der Waals surface area contributed by atoms with Gasteiger partial charge in [-0.15, -0.1) is 0 Å². The molecule has 3 saturated heterocycles. The second kappa shape index (κ2) is 23.7. The van der Waals surface area contributed by atoms with E-state index in [-0.39, 0.29) is 102 Å². The number of nitrogens with zero attached hydrogens (tertiary/aromatic N) is 2. The minimum Gasteiger partial charge on any atom is -0.450 e. The number of pyridine rings is 1. The molecular formula is C50H69FN6O12. The molecule has 1 aromatic carbocycles. The van der Waals surface area contributed by atoms with Gasteiger partial charge in [0.05, 0.1) is 54.6 Å². The van der Waals surface area contributed by atoms with Gasteiger partial charge in [0.2, 0.25) is 0 Å². The molecule has 1 aromatic heterocycles. The summed E-state index contributed by atoms with van der Waals surface area (Å²) in [5.74, 6) is 3.75. The van der Waals surface area contributed by atoms with Crippen LogP contribution in [0.1, 0.15) is 139 Å². The zero-order valence-corrected chi connectivity index (χ0v) is 40.9. The summed E-state index contributed by atoms with van der Waals surface area (Å²) < 4.78 is 59.2. The van der Waals surface area contributed by atoms with E-state index in [0.717, 1.165) is 24.2 Å². The van der Waals surface area contributed by atoms with Crippen molar-refractivity contribution in [3.63, 3.8) is 0 Å². The highest BCUT2D eigenvalue weighted by molar-refractivity contribution is 6.08. The number of nitrogens with one attached hydrogen (secondary N) is 4. The summed E-state index contributed by atoms with van der Waals surface area (Å²) in [6, 6.07) is 7.63. The summed E-state index contributed by atoms with van der Waals surface area (Å²) in [6.45, 7) is 11.4. The number of benzene rings is 1. The summed E-state index contributed by atoms with van der Waals surface area (Å²) in [4.78, 5) is 75.6. The Balaban J connectivity index is 1.60. The highest BCUT2D eigenvalue weighted by atomic mass is 19.1. The number of rotatable bonds is 16. The van der Waals surface area contributed by atoms with Crippen molar-refractivity contribution in [2.24, 2.45) is 0 Å². The number of carbonyl (C=O) groups excluding carboxylic acids is 5. The Bertz CT molecular complexity index is 2180. The van der Waals surface area contributed by atoms with Crippen molar-refractivity contribution in [3.05, 3.63) is 58.5 Å². The maximum absolute atomic E-state index is 17.8. The fourth-order valence-corrected chi connectivity index (χ4v) is 9.37. The summed E-state index contributed by atoms with van der Waals surface area (Å²) >= 11 is 0. The third-order valence-electron chi connectivity index (χ3n) is 13.0. The van der Waals surface area contributed by atoms with E-state index >= 15 is 4.39 Å². The Morgan fingerprint density at radius 2 is 1.35 bits per heavy atom. The predicted molar refractivity (Wildman–Crippen MR) is 251 cm³/mol. The molecule has 3 atom stereocenters. The molecule has 19 heteroatoms. The molecule has 0 spiro atoms. The lowest BCUT2D eigenvalue weighted by Crippen LogP contribution is -2.84. The topological polar surface area (TPSA) is 214 Å². The molecule has 4 N–H and O–H groups in total. The van der Waals surface area contributed by atoms with Crippen molar-refractivity contribution in [1.82, 2.24) is 25.8 Å². The molecule has 0 aliphatic carbocycles. The zero-order chi connectivity index (χ0) is 49.7. The van der Waals surface area contributed by atoms with Crippen LogP contribution in [0.2, 0.25) is 0 Å². The molecule has 69 heavy (non-hydrogen) atoms. The Kier molecular flexibility index (Phi) is 18.1. The van der Waals surface area contributed by atoms with E-state index in [0.29, 0.717) is 24.8 Å². The van der Waals surface area contributed by atoms with Gasteiger partial charge in [-0.2, -0.15) is 0 Å². The van der Waals surface area contributed by atoms with Crippen molar-refractivity contribution < 1.29 is 61.5 Å². The quantitative estimate of drug-likeness (QED) is 0.0729. The minimum absolute atomic E-state index is 0.0182. The van der Waals surface area contributed by atoms with Crippen LogP contribution < -0.4 is 21.3 Å². The van der Waals surface area contributed by atoms with E-state index in [1.807, 2.05) is 26.8 Å². The van der Waals surface area contributed by atoms with Gasteiger partial charge in [-0.1, -0.05) is 64.2 Å². The molecule has 378 valence electrons. The van der Waals surface area contributed by atoms with Crippen molar-refractivity contribution in [2.45, 2.75) is 153 Å². The molecule has 18 nitrogen and oxygen atoms in total. The van der Waals surface area contributed by atoms with Crippen LogP contribution in [0, 0.1) is 17.7 Å². The maximum atomic E-state index is 17.8. The van der Waals surface area contributed by atoms with Crippen LogP contribution in [-0.2, 0) is 39.7 Å². The Hall–Kier alpha value is -5.71. The number of carbonyl (C=O) groups is 5. The van der Waals surface area contributed by atoms with Crippen LogP contribution in [0.15, 0.2) is 30.3 Å². The highest BCUT2D eigenvalue weighted by Gasteiger charge is 2.65. The molecule has 0 radical (unpaired) electrons. The summed E-state index contributed by atoms with van der Waals surface area (Å²) in [6.07, 6.45) is 0.395. The van der Waals surface area contributed by atoms with Crippen LogP contribution in [0.25, 0.3) is 0 Å². The second-order valence-electron chi connectivity index (χ2n) is 18.9. The van der Waals surface area contributed by atoms with Crippen LogP contribution in [0.3, 0.4) is 0 Å². The zero-order valence-electron chi connectivity index (χ0n) is 40.9. The first kappa shape index (κ1) is 52.7. The number of hydrogen-bond donors (Lipinski definition) is 4. The molecular weight excluding hydrogens is 896 g/mol. The second-order valence-corrected chi connectivity index (χ2v) is 18.9. The first-order chi connectivity index (χ1) is 33.1. The first-order valence-corrected chi connectivity index (χ1v) is 24.3. The van der Waals surface area contributed by atoms with Crippen LogP contribution in [-0.4, -0.2) is 127 Å². The molecule has 0 bridgehead atoms. The van der Waals surface area contributed by atoms with Gasteiger partial charge in [-0.05, 0) is 90.2 Å². The number of fused-ring (bicyclic) bond motifs is 1.